The van der Waals surface area contributed by atoms with Gasteiger partial charge in [0, 0.05) is 64.2 Å². The summed E-state index contributed by atoms with van der Waals surface area (Å²) < 4.78 is 1.74. The highest BCUT2D eigenvalue weighted by Gasteiger charge is 2.39. The van der Waals surface area contributed by atoms with Crippen molar-refractivity contribution in [3.05, 3.63) is 47.7 Å². The van der Waals surface area contributed by atoms with Gasteiger partial charge in [-0.15, -0.1) is 10.2 Å². The van der Waals surface area contributed by atoms with Crippen LogP contribution in [0, 0.1) is 25.2 Å². The topological polar surface area (TPSA) is 140 Å². The molecule has 13 heteroatoms. The number of carboxylic acid groups (broad SMARTS) is 1. The minimum atomic E-state index is -0.799. The number of hydrogen-bond donors (Lipinski definition) is 3. The quantitative estimate of drug-likeness (QED) is 0.250. The number of carbonyl (C=O) groups is 1. The Kier molecular flexibility index (Phi) is 8.69. The highest BCUT2D eigenvalue weighted by molar-refractivity contribution is 5.90. The molecule has 0 spiro atoms. The average molecular weight is 628 g/mol. The largest absolute Gasteiger partial charge is 0.465 e. The third-order valence-electron chi connectivity index (χ3n) is 9.36. The molecule has 2 aliphatic heterocycles. The van der Waals surface area contributed by atoms with Crippen LogP contribution in [-0.2, 0) is 7.05 Å². The van der Waals surface area contributed by atoms with E-state index in [1.165, 1.54) is 0 Å². The maximum Gasteiger partial charge on any atom is 0.407 e. The highest BCUT2D eigenvalue weighted by Crippen LogP contribution is 2.35. The normalized spacial score (nSPS) is 19.4. The van der Waals surface area contributed by atoms with Crippen LogP contribution in [0.3, 0.4) is 0 Å². The van der Waals surface area contributed by atoms with Gasteiger partial charge in [0.15, 0.2) is 23.1 Å². The van der Waals surface area contributed by atoms with Gasteiger partial charge in [0.05, 0.1) is 5.39 Å². The lowest BCUT2D eigenvalue weighted by Gasteiger charge is -2.46. The van der Waals surface area contributed by atoms with E-state index in [0.717, 1.165) is 73.6 Å². The maximum atomic E-state index is 11.8. The predicted octanol–water partition coefficient (Wildman–Crippen LogP) is 5.18. The van der Waals surface area contributed by atoms with Crippen LogP contribution in [0.15, 0.2) is 36.5 Å². The summed E-state index contributed by atoms with van der Waals surface area (Å²) in [5.41, 5.74) is 3.96. The predicted molar refractivity (Wildman–Crippen MR) is 180 cm³/mol. The molecule has 46 heavy (non-hydrogen) atoms. The van der Waals surface area contributed by atoms with Crippen LogP contribution in [0.2, 0.25) is 0 Å². The monoisotopic (exact) mass is 627 g/mol. The van der Waals surface area contributed by atoms with Crippen molar-refractivity contribution in [2.24, 2.45) is 18.4 Å². The molecule has 0 radical (unpaired) electrons. The molecule has 244 valence electrons. The van der Waals surface area contributed by atoms with Crippen LogP contribution in [-0.4, -0.2) is 96.3 Å². The van der Waals surface area contributed by atoms with Crippen LogP contribution in [0.5, 0.6) is 0 Å². The Morgan fingerprint density at radius 3 is 2.39 bits per heavy atom. The van der Waals surface area contributed by atoms with Crippen molar-refractivity contribution in [3.63, 3.8) is 0 Å². The molecule has 0 bridgehead atoms. The van der Waals surface area contributed by atoms with Crippen molar-refractivity contribution < 1.29 is 9.90 Å². The number of rotatable bonds is 7. The lowest BCUT2D eigenvalue weighted by atomic mass is 9.77. The summed E-state index contributed by atoms with van der Waals surface area (Å²) >= 11 is 0. The Morgan fingerprint density at radius 1 is 1.00 bits per heavy atom. The number of nitrogens with zero attached hydrogens (tertiary/aromatic N) is 9. The molecule has 2 saturated heterocycles. The number of benzene rings is 1. The van der Waals surface area contributed by atoms with Crippen molar-refractivity contribution in [1.82, 2.24) is 39.7 Å². The molecule has 1 amide bonds. The van der Waals surface area contributed by atoms with Crippen LogP contribution in [0.1, 0.15) is 44.7 Å². The van der Waals surface area contributed by atoms with Gasteiger partial charge in [-0.3, -0.25) is 4.90 Å². The van der Waals surface area contributed by atoms with Crippen molar-refractivity contribution >= 4 is 46.2 Å². The third-order valence-corrected chi connectivity index (χ3v) is 9.36. The summed E-state index contributed by atoms with van der Waals surface area (Å²) in [4.78, 5) is 27.5. The lowest BCUT2D eigenvalue weighted by molar-refractivity contribution is 0.0318. The number of likely N-dealkylation sites (tertiary alicyclic amines) is 1. The molecule has 13 nitrogen and oxygen atoms in total. The molecular formula is C33H45N11O2. The molecule has 2 aliphatic rings. The molecule has 1 aromatic carbocycles. The van der Waals surface area contributed by atoms with E-state index in [4.69, 9.17) is 4.98 Å². The van der Waals surface area contributed by atoms with Crippen molar-refractivity contribution in [1.29, 1.82) is 0 Å². The number of hydrogen-bond acceptors (Lipinski definition) is 10. The first-order valence-electron chi connectivity index (χ1n) is 16.1. The summed E-state index contributed by atoms with van der Waals surface area (Å²) in [6, 6.07) is 10.1. The van der Waals surface area contributed by atoms with E-state index < -0.39 is 6.09 Å². The second-order valence-corrected chi connectivity index (χ2v) is 13.7. The Hall–Kier alpha value is -4.52. The smallest absolute Gasteiger partial charge is 0.407 e. The van der Waals surface area contributed by atoms with Gasteiger partial charge in [0.2, 0.25) is 5.95 Å². The van der Waals surface area contributed by atoms with E-state index in [2.05, 4.69) is 87.5 Å². The number of aryl methyl sites for hydroxylation is 3. The number of piperazine rings is 1. The third kappa shape index (κ3) is 6.69. The van der Waals surface area contributed by atoms with E-state index in [9.17, 15) is 9.90 Å². The fourth-order valence-corrected chi connectivity index (χ4v) is 6.77. The first kappa shape index (κ1) is 31.5. The van der Waals surface area contributed by atoms with Gasteiger partial charge in [-0.1, -0.05) is 39.0 Å². The molecule has 5 heterocycles. The zero-order valence-electron chi connectivity index (χ0n) is 27.7. The zero-order valence-corrected chi connectivity index (χ0v) is 27.7. The van der Waals surface area contributed by atoms with Gasteiger partial charge in [-0.2, -0.15) is 10.1 Å². The number of fused-ring (bicyclic) bond motifs is 1. The van der Waals surface area contributed by atoms with Gasteiger partial charge >= 0.3 is 6.09 Å². The number of anilines is 5. The Bertz CT molecular complexity index is 1670. The highest BCUT2D eigenvalue weighted by atomic mass is 16.4. The lowest BCUT2D eigenvalue weighted by Crippen LogP contribution is -2.54. The molecule has 3 aromatic heterocycles. The summed E-state index contributed by atoms with van der Waals surface area (Å²) in [7, 11) is 1.87. The molecule has 2 unspecified atom stereocenters. The van der Waals surface area contributed by atoms with E-state index in [1.54, 1.807) is 15.8 Å². The van der Waals surface area contributed by atoms with Crippen molar-refractivity contribution in [3.8, 4) is 0 Å². The Balaban J connectivity index is 1.04. The molecule has 2 fully saturated rings. The maximum absolute atomic E-state index is 11.8. The van der Waals surface area contributed by atoms with E-state index in [0.29, 0.717) is 35.7 Å². The molecule has 0 aliphatic carbocycles. The molecule has 4 aromatic rings. The van der Waals surface area contributed by atoms with Gasteiger partial charge in [0.25, 0.3) is 0 Å². The Labute approximate surface area is 270 Å². The number of nitrogens with one attached hydrogen (secondary N) is 2. The number of para-hydroxylation sites is 1. The van der Waals surface area contributed by atoms with Crippen LogP contribution < -0.4 is 15.5 Å². The van der Waals surface area contributed by atoms with E-state index in [-0.39, 0.29) is 11.5 Å². The Morgan fingerprint density at radius 2 is 1.74 bits per heavy atom. The summed E-state index contributed by atoms with van der Waals surface area (Å²) in [5, 5.41) is 30.7. The van der Waals surface area contributed by atoms with Crippen molar-refractivity contribution in [2.75, 3.05) is 54.8 Å². The van der Waals surface area contributed by atoms with E-state index >= 15 is 0 Å². The van der Waals surface area contributed by atoms with Crippen molar-refractivity contribution in [2.45, 2.75) is 53.5 Å². The number of amides is 1. The SMILES string of the molecule is Cc1cccc(C)c1Nc1nn(C)c2nc(Nc3ccc(N4CCN(CC5CCN(C(=O)O)C(C(C)(C)C)C5)CC4)nn3)ncc12. The first-order valence-corrected chi connectivity index (χ1v) is 16.1. The standard InChI is InChI=1S/C33H45N11O2/c1-21-8-7-9-22(2)28(21)36-29-24-19-34-31(37-30(24)41(6)40-29)35-26-10-11-27(39-38-26)43-16-14-42(15-17-43)20-23-12-13-44(32(45)46)25(18-23)33(3,4)5/h7-11,19,23,25H,12-18,20H2,1-6H3,(H,36,40)(H,45,46)(H,34,35,37,38). The van der Waals surface area contributed by atoms with Crippen LogP contribution in [0.25, 0.3) is 11.0 Å². The van der Waals surface area contributed by atoms with Gasteiger partial charge in [-0.25, -0.2) is 14.5 Å². The number of aromatic nitrogens is 6. The zero-order chi connectivity index (χ0) is 32.6. The second-order valence-electron chi connectivity index (χ2n) is 13.7. The fraction of sp³-hybridized carbons (Fsp3) is 0.515. The summed E-state index contributed by atoms with van der Waals surface area (Å²) in [5.74, 6) is 3.05. The van der Waals surface area contributed by atoms with Gasteiger partial charge in [0.1, 0.15) is 0 Å². The molecule has 0 saturated carbocycles. The number of piperidine rings is 1. The summed E-state index contributed by atoms with van der Waals surface area (Å²) in [6.45, 7) is 15.8. The van der Waals surface area contributed by atoms with E-state index in [1.807, 2.05) is 25.2 Å². The molecular weight excluding hydrogens is 582 g/mol. The fourth-order valence-electron chi connectivity index (χ4n) is 6.77. The van der Waals surface area contributed by atoms with Gasteiger partial charge < -0.3 is 25.5 Å². The van der Waals surface area contributed by atoms with Crippen LogP contribution >= 0.6 is 0 Å². The minimum absolute atomic E-state index is 0.0478. The average Bonchev–Trinajstić information content (AvgIpc) is 3.33. The minimum Gasteiger partial charge on any atom is -0.465 e. The molecule has 6 rings (SSSR count). The molecule has 3 N–H and O–H groups in total. The molecule has 2 atom stereocenters. The first-order chi connectivity index (χ1) is 22.0. The second kappa shape index (κ2) is 12.7. The summed E-state index contributed by atoms with van der Waals surface area (Å²) in [6.07, 6.45) is 2.81. The van der Waals surface area contributed by atoms with Crippen LogP contribution in [0.4, 0.5) is 33.9 Å². The van der Waals surface area contributed by atoms with Gasteiger partial charge in [-0.05, 0) is 61.3 Å².